The van der Waals surface area contributed by atoms with Gasteiger partial charge in [0.15, 0.2) is 6.10 Å². The third kappa shape index (κ3) is 3.86. The number of ether oxygens (including phenoxy) is 1. The Kier molecular flexibility index (Phi) is 5.01. The maximum absolute atomic E-state index is 11.1. The van der Waals surface area contributed by atoms with Gasteiger partial charge in [0.05, 0.1) is 9.37 Å². The molecule has 0 aliphatic rings. The summed E-state index contributed by atoms with van der Waals surface area (Å²) < 4.78 is 27.7. The van der Waals surface area contributed by atoms with Crippen LogP contribution >= 0.6 is 26.6 Å². The maximum Gasteiger partial charge on any atom is 0.344 e. The average molecular weight is 358 g/mol. The Labute approximate surface area is 117 Å². The van der Waals surface area contributed by atoms with Gasteiger partial charge in [-0.25, -0.2) is 13.2 Å². The average Bonchev–Trinajstić information content (AvgIpc) is 2.25. The summed E-state index contributed by atoms with van der Waals surface area (Å²) in [5.74, 6) is -0.841. The number of aliphatic carboxylic acids is 1. The van der Waals surface area contributed by atoms with Gasteiger partial charge in [-0.15, -0.1) is 0 Å². The number of rotatable bonds is 5. The van der Waals surface area contributed by atoms with Crippen LogP contribution in [0.3, 0.4) is 0 Å². The molecule has 0 amide bonds. The maximum atomic E-state index is 11.1. The van der Waals surface area contributed by atoms with Crippen LogP contribution in [0.5, 0.6) is 5.75 Å². The quantitative estimate of drug-likeness (QED) is 0.819. The van der Waals surface area contributed by atoms with Crippen LogP contribution in [0.1, 0.15) is 13.3 Å². The largest absolute Gasteiger partial charge is 0.479 e. The third-order valence-electron chi connectivity index (χ3n) is 2.10. The van der Waals surface area contributed by atoms with Crippen molar-refractivity contribution in [3.8, 4) is 5.75 Å². The van der Waals surface area contributed by atoms with Crippen LogP contribution < -0.4 is 4.74 Å². The van der Waals surface area contributed by atoms with E-state index in [-0.39, 0.29) is 17.1 Å². The van der Waals surface area contributed by atoms with Crippen LogP contribution in [0.4, 0.5) is 0 Å². The molecular weight excluding hydrogens is 348 g/mol. The van der Waals surface area contributed by atoms with Gasteiger partial charge in [0, 0.05) is 10.7 Å². The van der Waals surface area contributed by atoms with Crippen molar-refractivity contribution in [3.63, 3.8) is 0 Å². The minimum Gasteiger partial charge on any atom is -0.479 e. The number of hydrogen-bond donors (Lipinski definition) is 1. The van der Waals surface area contributed by atoms with Gasteiger partial charge in [0.25, 0.3) is 9.05 Å². The molecule has 0 bridgehead atoms. The summed E-state index contributed by atoms with van der Waals surface area (Å²) in [6.07, 6.45) is -0.697. The first-order chi connectivity index (χ1) is 8.25. The van der Waals surface area contributed by atoms with E-state index in [0.717, 1.165) is 0 Å². The SMILES string of the molecule is CCC(Oc1ccc(S(=O)(=O)Cl)cc1Br)C(=O)O. The molecule has 1 atom stereocenters. The predicted molar refractivity (Wildman–Crippen MR) is 69.5 cm³/mol. The monoisotopic (exact) mass is 356 g/mol. The van der Waals surface area contributed by atoms with E-state index in [4.69, 9.17) is 20.5 Å². The molecule has 1 N–H and O–H groups in total. The molecular formula is C10H10BrClO5S. The Morgan fingerprint density at radius 1 is 1.56 bits per heavy atom. The van der Waals surface area contributed by atoms with Gasteiger partial charge in [-0.1, -0.05) is 6.92 Å². The van der Waals surface area contributed by atoms with Crippen LogP contribution in [0.25, 0.3) is 0 Å². The minimum absolute atomic E-state index is 0.0910. The summed E-state index contributed by atoms with van der Waals surface area (Å²) in [5.41, 5.74) is 0. The fraction of sp³-hybridized carbons (Fsp3) is 0.300. The number of carbonyl (C=O) groups is 1. The fourth-order valence-corrected chi connectivity index (χ4v) is 2.59. The molecule has 1 unspecified atom stereocenters. The second-order valence-corrected chi connectivity index (χ2v) is 6.80. The fourth-order valence-electron chi connectivity index (χ4n) is 1.19. The molecule has 0 spiro atoms. The molecule has 1 aromatic rings. The summed E-state index contributed by atoms with van der Waals surface area (Å²) in [5, 5.41) is 8.85. The number of carboxylic acid groups (broad SMARTS) is 1. The molecule has 1 aromatic carbocycles. The second-order valence-electron chi connectivity index (χ2n) is 3.38. The number of halogens is 2. The minimum atomic E-state index is -3.82. The van der Waals surface area contributed by atoms with Gasteiger partial charge >= 0.3 is 5.97 Å². The van der Waals surface area contributed by atoms with E-state index in [1.54, 1.807) is 6.92 Å². The van der Waals surface area contributed by atoms with Gasteiger partial charge in [-0.2, -0.15) is 0 Å². The number of hydrogen-bond acceptors (Lipinski definition) is 4. The van der Waals surface area contributed by atoms with Crippen LogP contribution in [0.2, 0.25) is 0 Å². The van der Waals surface area contributed by atoms with Crippen LogP contribution in [0, 0.1) is 0 Å². The van der Waals surface area contributed by atoms with E-state index in [2.05, 4.69) is 15.9 Å². The van der Waals surface area contributed by atoms with E-state index in [9.17, 15) is 13.2 Å². The van der Waals surface area contributed by atoms with Gasteiger partial charge < -0.3 is 9.84 Å². The Bertz CT molecular complexity index is 557. The number of carboxylic acids is 1. The van der Waals surface area contributed by atoms with Crippen LogP contribution in [-0.4, -0.2) is 25.6 Å². The lowest BCUT2D eigenvalue weighted by molar-refractivity contribution is -0.145. The summed E-state index contributed by atoms with van der Waals surface area (Å²) >= 11 is 3.11. The number of benzene rings is 1. The van der Waals surface area contributed by atoms with E-state index >= 15 is 0 Å². The second kappa shape index (κ2) is 5.90. The third-order valence-corrected chi connectivity index (χ3v) is 4.07. The van der Waals surface area contributed by atoms with Crippen molar-refractivity contribution in [1.29, 1.82) is 0 Å². The summed E-state index contributed by atoms with van der Waals surface area (Å²) in [6, 6.07) is 3.86. The van der Waals surface area contributed by atoms with Crippen molar-refractivity contribution in [2.24, 2.45) is 0 Å². The molecule has 100 valence electrons. The molecule has 18 heavy (non-hydrogen) atoms. The Morgan fingerprint density at radius 2 is 2.17 bits per heavy atom. The van der Waals surface area contributed by atoms with Crippen molar-refractivity contribution in [3.05, 3.63) is 22.7 Å². The van der Waals surface area contributed by atoms with Crippen molar-refractivity contribution in [1.82, 2.24) is 0 Å². The zero-order valence-corrected chi connectivity index (χ0v) is 12.4. The first-order valence-corrected chi connectivity index (χ1v) is 7.99. The lowest BCUT2D eigenvalue weighted by atomic mass is 10.2. The van der Waals surface area contributed by atoms with E-state index in [1.165, 1.54) is 18.2 Å². The zero-order valence-electron chi connectivity index (χ0n) is 9.26. The topological polar surface area (TPSA) is 80.7 Å². The van der Waals surface area contributed by atoms with E-state index in [1.807, 2.05) is 0 Å². The standard InChI is InChI=1S/C10H10BrClO5S/c1-2-8(10(13)14)17-9-4-3-6(5-7(9)11)18(12,15)16/h3-5,8H,2H2,1H3,(H,13,14). The van der Waals surface area contributed by atoms with Crippen LogP contribution in [0.15, 0.2) is 27.6 Å². The predicted octanol–water partition coefficient (Wildman–Crippen LogP) is 2.62. The zero-order chi connectivity index (χ0) is 13.9. The molecule has 1 rings (SSSR count). The molecule has 8 heteroatoms. The summed E-state index contributed by atoms with van der Waals surface area (Å²) in [7, 11) is 1.36. The Hall–Kier alpha value is -0.790. The molecule has 0 fully saturated rings. The molecule has 0 saturated carbocycles. The van der Waals surface area contributed by atoms with E-state index < -0.39 is 21.1 Å². The summed E-state index contributed by atoms with van der Waals surface area (Å²) in [6.45, 7) is 1.67. The highest BCUT2D eigenvalue weighted by molar-refractivity contribution is 9.10. The molecule has 0 aromatic heterocycles. The smallest absolute Gasteiger partial charge is 0.344 e. The Morgan fingerprint density at radius 3 is 2.56 bits per heavy atom. The molecule has 0 saturated heterocycles. The molecule has 0 aliphatic carbocycles. The highest BCUT2D eigenvalue weighted by Crippen LogP contribution is 2.30. The first-order valence-electron chi connectivity index (χ1n) is 4.89. The normalized spacial score (nSPS) is 13.1. The highest BCUT2D eigenvalue weighted by Gasteiger charge is 2.19. The Balaban J connectivity index is 3.03. The molecule has 0 heterocycles. The van der Waals surface area contributed by atoms with Gasteiger partial charge in [-0.05, 0) is 40.5 Å². The highest BCUT2D eigenvalue weighted by atomic mass is 79.9. The van der Waals surface area contributed by atoms with Crippen molar-refractivity contribution >= 4 is 41.6 Å². The van der Waals surface area contributed by atoms with Crippen molar-refractivity contribution in [2.45, 2.75) is 24.3 Å². The van der Waals surface area contributed by atoms with Crippen molar-refractivity contribution < 1.29 is 23.1 Å². The lowest BCUT2D eigenvalue weighted by Crippen LogP contribution is -2.26. The summed E-state index contributed by atoms with van der Waals surface area (Å²) in [4.78, 5) is 10.7. The molecule has 0 radical (unpaired) electrons. The van der Waals surface area contributed by atoms with Crippen LogP contribution in [-0.2, 0) is 13.8 Å². The molecule has 0 aliphatic heterocycles. The van der Waals surface area contributed by atoms with E-state index in [0.29, 0.717) is 4.47 Å². The van der Waals surface area contributed by atoms with Gasteiger partial charge in [0.2, 0.25) is 0 Å². The lowest BCUT2D eigenvalue weighted by Gasteiger charge is -2.14. The van der Waals surface area contributed by atoms with Gasteiger partial charge in [0.1, 0.15) is 5.75 Å². The van der Waals surface area contributed by atoms with Crippen molar-refractivity contribution in [2.75, 3.05) is 0 Å². The first kappa shape index (κ1) is 15.3. The van der Waals surface area contributed by atoms with Gasteiger partial charge in [-0.3, -0.25) is 0 Å². The molecule has 5 nitrogen and oxygen atoms in total.